The molecule has 1 rings (SSSR count). The van der Waals surface area contributed by atoms with Crippen LogP contribution >= 0.6 is 23.4 Å². The Labute approximate surface area is 63.8 Å². The van der Waals surface area contributed by atoms with Crippen LogP contribution in [0.4, 0.5) is 21.0 Å². The number of rotatable bonds is 0. The SMILES string of the molecule is OP1(F)=NP(F)(F)=NP(F)(F)=N1. The van der Waals surface area contributed by atoms with E-state index in [-0.39, 0.29) is 0 Å². The van der Waals surface area contributed by atoms with Crippen LogP contribution in [0.25, 0.3) is 0 Å². The van der Waals surface area contributed by atoms with Gasteiger partial charge in [-0.2, -0.15) is 4.20 Å². The van der Waals surface area contributed by atoms with E-state index in [1.807, 2.05) is 9.03 Å². The minimum absolute atomic E-state index is 1.69. The summed E-state index contributed by atoms with van der Waals surface area (Å²) in [6.07, 6.45) is 0. The monoisotopic (exact) mass is 247 g/mol. The fourth-order valence-corrected chi connectivity index (χ4v) is 5.08. The van der Waals surface area contributed by atoms with E-state index < -0.39 is 23.4 Å². The maximum atomic E-state index is 12.2. The molecular formula is HF5N3OP3. The molecule has 1 N–H and O–H groups in total. The summed E-state index contributed by atoms with van der Waals surface area (Å²) in [7, 11) is -16.7. The van der Waals surface area contributed by atoms with E-state index >= 15 is 0 Å². The first-order valence-electron chi connectivity index (χ1n) is 2.25. The molecule has 1 heterocycles. The van der Waals surface area contributed by atoms with Crippen LogP contribution in [0.2, 0.25) is 0 Å². The van der Waals surface area contributed by atoms with Gasteiger partial charge in [-0.1, -0.05) is 0 Å². The second-order valence-corrected chi connectivity index (χ2v) is 6.63. The summed E-state index contributed by atoms with van der Waals surface area (Å²) < 4.78 is 65.9. The van der Waals surface area contributed by atoms with Crippen LogP contribution in [0.1, 0.15) is 0 Å². The van der Waals surface area contributed by atoms with Crippen molar-refractivity contribution in [2.45, 2.75) is 0 Å². The first-order chi connectivity index (χ1) is 5.12. The van der Waals surface area contributed by atoms with Gasteiger partial charge in [0.15, 0.2) is 0 Å². The molecule has 0 saturated carbocycles. The highest BCUT2D eigenvalue weighted by Gasteiger charge is 2.37. The van der Waals surface area contributed by atoms with Crippen molar-refractivity contribution in [3.8, 4) is 0 Å². The Hall–Kier alpha value is 0.300. The summed E-state index contributed by atoms with van der Waals surface area (Å²) in [5.74, 6) is 0. The van der Waals surface area contributed by atoms with Crippen molar-refractivity contribution in [1.29, 1.82) is 0 Å². The van der Waals surface area contributed by atoms with Gasteiger partial charge in [-0.3, -0.25) is 0 Å². The quantitative estimate of drug-likeness (QED) is 0.490. The lowest BCUT2D eigenvalue weighted by Crippen LogP contribution is -1.71. The van der Waals surface area contributed by atoms with Gasteiger partial charge in [0, 0.05) is 0 Å². The van der Waals surface area contributed by atoms with E-state index in [0.717, 1.165) is 0 Å². The van der Waals surface area contributed by atoms with Crippen LogP contribution in [0.5, 0.6) is 0 Å². The molecule has 1 aliphatic rings. The van der Waals surface area contributed by atoms with Crippen LogP contribution in [0.3, 0.4) is 0 Å². The van der Waals surface area contributed by atoms with Gasteiger partial charge in [0.2, 0.25) is 0 Å². The third-order valence-corrected chi connectivity index (χ3v) is 5.92. The summed E-state index contributed by atoms with van der Waals surface area (Å²) in [5, 5.41) is 0. The molecule has 0 radical (unpaired) electrons. The van der Waals surface area contributed by atoms with Crippen LogP contribution < -0.4 is 0 Å². The zero-order valence-corrected chi connectivity index (χ0v) is 7.70. The molecule has 0 bridgehead atoms. The Balaban J connectivity index is 3.46. The molecule has 0 amide bonds. The molecule has 0 saturated heterocycles. The Bertz CT molecular complexity index is 279. The second-order valence-electron chi connectivity index (χ2n) is 1.67. The van der Waals surface area contributed by atoms with E-state index in [4.69, 9.17) is 4.89 Å². The first-order valence-corrected chi connectivity index (χ1v) is 6.74. The van der Waals surface area contributed by atoms with E-state index in [1.165, 1.54) is 0 Å². The summed E-state index contributed by atoms with van der Waals surface area (Å²) in [5.41, 5.74) is 0. The van der Waals surface area contributed by atoms with Gasteiger partial charge in [0.1, 0.15) is 0 Å². The molecule has 1 unspecified atom stereocenters. The Morgan fingerprint density at radius 2 is 1.17 bits per heavy atom. The third-order valence-electron chi connectivity index (χ3n) is 0.658. The van der Waals surface area contributed by atoms with Crippen LogP contribution in [-0.2, 0) is 0 Å². The molecule has 0 spiro atoms. The van der Waals surface area contributed by atoms with Crippen molar-refractivity contribution in [3.05, 3.63) is 0 Å². The Kier molecular flexibility index (Phi) is 2.29. The second kappa shape index (κ2) is 2.64. The zero-order chi connectivity index (χ0) is 9.62. The fraction of sp³-hybridized carbons (Fsp3) is 0. The van der Waals surface area contributed by atoms with Crippen molar-refractivity contribution in [3.63, 3.8) is 0 Å². The normalized spacial score (nSPS) is 37.5. The van der Waals surface area contributed by atoms with E-state index in [9.17, 15) is 21.0 Å². The standard InChI is InChI=1S/F5HN3OP3/c1-10(2)6-11(3,4)8-12(5,9)7-10/h9H. The summed E-state index contributed by atoms with van der Waals surface area (Å²) in [6, 6.07) is 0. The first kappa shape index (κ1) is 10.4. The van der Waals surface area contributed by atoms with Crippen molar-refractivity contribution in [1.82, 2.24) is 0 Å². The molecule has 12 heteroatoms. The highest BCUT2D eigenvalue weighted by molar-refractivity contribution is 7.77. The lowest BCUT2D eigenvalue weighted by atomic mass is 13.8. The predicted octanol–water partition coefficient (Wildman–Crippen LogP) is 4.68. The Morgan fingerprint density at radius 3 is 1.50 bits per heavy atom. The molecule has 1 atom stereocenters. The van der Waals surface area contributed by atoms with Gasteiger partial charge >= 0.3 is 23.4 Å². The van der Waals surface area contributed by atoms with Gasteiger partial charge in [-0.15, -0.1) is 30.3 Å². The molecule has 12 heavy (non-hydrogen) atoms. The molecular weight excluding hydrogens is 246 g/mol. The summed E-state index contributed by atoms with van der Waals surface area (Å²) in [4.78, 5) is 8.19. The lowest BCUT2D eigenvalue weighted by Gasteiger charge is -2.10. The summed E-state index contributed by atoms with van der Waals surface area (Å²) in [6.45, 7) is 0. The molecule has 1 aliphatic heterocycles. The van der Waals surface area contributed by atoms with Crippen LogP contribution in [-0.4, -0.2) is 4.89 Å². The van der Waals surface area contributed by atoms with Gasteiger partial charge in [0.05, 0.1) is 0 Å². The molecule has 0 aromatic carbocycles. The predicted molar refractivity (Wildman–Crippen MR) is 35.8 cm³/mol. The van der Waals surface area contributed by atoms with E-state index in [0.29, 0.717) is 0 Å². The van der Waals surface area contributed by atoms with Gasteiger partial charge in [-0.05, 0) is 0 Å². The molecule has 0 fully saturated rings. The summed E-state index contributed by atoms with van der Waals surface area (Å²) >= 11 is 0. The molecule has 0 aliphatic carbocycles. The van der Waals surface area contributed by atoms with Crippen molar-refractivity contribution in [2.75, 3.05) is 0 Å². The Morgan fingerprint density at radius 1 is 0.750 bits per heavy atom. The third kappa shape index (κ3) is 2.66. The lowest BCUT2D eigenvalue weighted by molar-refractivity contribution is 0.550. The van der Waals surface area contributed by atoms with Crippen LogP contribution in [0, 0.1) is 0 Å². The molecule has 72 valence electrons. The number of hydrogen-bond acceptors (Lipinski definition) is 3. The van der Waals surface area contributed by atoms with Crippen LogP contribution in [0.15, 0.2) is 13.5 Å². The zero-order valence-electron chi connectivity index (χ0n) is 5.02. The number of halogens is 5. The van der Waals surface area contributed by atoms with Gasteiger partial charge < -0.3 is 4.89 Å². The number of nitrogens with zero attached hydrogens (tertiary/aromatic N) is 3. The molecule has 0 aromatic heterocycles. The fourth-order valence-electron chi connectivity index (χ4n) is 0.457. The van der Waals surface area contributed by atoms with Crippen molar-refractivity contribution < 1.29 is 25.9 Å². The highest BCUT2D eigenvalue weighted by atomic mass is 31.3. The van der Waals surface area contributed by atoms with Gasteiger partial charge in [-0.25, -0.2) is 0 Å². The number of hydrogen-bond donors (Lipinski definition) is 1. The largest absolute Gasteiger partial charge is 0.425 e. The maximum absolute atomic E-state index is 12.2. The minimum atomic E-state index is -5.70. The van der Waals surface area contributed by atoms with E-state index in [1.54, 1.807) is 4.52 Å². The van der Waals surface area contributed by atoms with Crippen molar-refractivity contribution >= 4 is 23.4 Å². The van der Waals surface area contributed by atoms with Gasteiger partial charge in [0.25, 0.3) is 0 Å². The topological polar surface area (TPSA) is 57.3 Å². The maximum Gasteiger partial charge on any atom is 0.425 e. The van der Waals surface area contributed by atoms with E-state index in [2.05, 4.69) is 0 Å². The average Bonchev–Trinajstić information content (AvgIpc) is 1.44. The smallest absolute Gasteiger partial charge is 0.319 e. The minimum Gasteiger partial charge on any atom is -0.319 e. The molecule has 0 aromatic rings. The van der Waals surface area contributed by atoms with Crippen molar-refractivity contribution in [2.24, 2.45) is 13.5 Å². The molecule has 4 nitrogen and oxygen atoms in total. The average molecular weight is 247 g/mol. The highest BCUT2D eigenvalue weighted by Crippen LogP contribution is 2.80.